The number of nitrogens with two attached hydrogens (primary N) is 2. The van der Waals surface area contributed by atoms with Gasteiger partial charge in [0.1, 0.15) is 0 Å². The number of hydrazine groups is 1. The summed E-state index contributed by atoms with van der Waals surface area (Å²) in [6.45, 7) is 0. The molecule has 20 heavy (non-hydrogen) atoms. The molecule has 0 aliphatic heterocycles. The average Bonchev–Trinajstić information content (AvgIpc) is 2.48. The minimum absolute atomic E-state index is 0.317. The first kappa shape index (κ1) is 13.8. The zero-order valence-corrected chi connectivity index (χ0v) is 10.8. The van der Waals surface area contributed by atoms with Gasteiger partial charge in [-0.15, -0.1) is 0 Å². The topological polar surface area (TPSA) is 98.2 Å². The second-order valence-corrected chi connectivity index (χ2v) is 4.41. The average molecular weight is 269 g/mol. The highest BCUT2D eigenvalue weighted by Crippen LogP contribution is 2.12. The maximum absolute atomic E-state index is 11.3. The number of rotatable bonds is 4. The summed E-state index contributed by atoms with van der Waals surface area (Å²) in [6.07, 6.45) is 0.712. The van der Waals surface area contributed by atoms with E-state index in [2.05, 4.69) is 5.43 Å². The normalized spacial score (nSPS) is 10.1. The molecule has 0 aliphatic rings. The van der Waals surface area contributed by atoms with E-state index in [4.69, 9.17) is 11.6 Å². The maximum atomic E-state index is 11.3. The Bertz CT molecular complexity index is 619. The molecule has 5 N–H and O–H groups in total. The predicted molar refractivity (Wildman–Crippen MR) is 75.9 cm³/mol. The summed E-state index contributed by atoms with van der Waals surface area (Å²) in [5.74, 6) is 4.31. The molecule has 0 saturated heterocycles. The van der Waals surface area contributed by atoms with Crippen LogP contribution in [0.15, 0.2) is 48.5 Å². The van der Waals surface area contributed by atoms with E-state index in [0.29, 0.717) is 17.5 Å². The first-order chi connectivity index (χ1) is 9.60. The molecule has 0 spiro atoms. The van der Waals surface area contributed by atoms with E-state index in [1.807, 2.05) is 24.3 Å². The van der Waals surface area contributed by atoms with Crippen molar-refractivity contribution in [1.82, 2.24) is 5.43 Å². The van der Waals surface area contributed by atoms with Crippen LogP contribution in [0.2, 0.25) is 0 Å². The van der Waals surface area contributed by atoms with Crippen molar-refractivity contribution in [3.63, 3.8) is 0 Å². The lowest BCUT2D eigenvalue weighted by molar-refractivity contribution is 0.0952. The molecule has 5 nitrogen and oxygen atoms in total. The minimum atomic E-state index is -0.436. The van der Waals surface area contributed by atoms with Gasteiger partial charge in [0, 0.05) is 11.1 Å². The molecule has 0 heterocycles. The quantitative estimate of drug-likeness (QED) is 0.438. The number of hydrogen-bond donors (Lipinski definition) is 3. The highest BCUT2D eigenvalue weighted by atomic mass is 16.2. The van der Waals surface area contributed by atoms with Crippen LogP contribution < -0.4 is 17.0 Å². The first-order valence-electron chi connectivity index (χ1n) is 6.09. The second-order valence-electron chi connectivity index (χ2n) is 4.41. The van der Waals surface area contributed by atoms with Crippen LogP contribution >= 0.6 is 0 Å². The molecule has 0 unspecified atom stereocenters. The monoisotopic (exact) mass is 269 g/mol. The van der Waals surface area contributed by atoms with E-state index in [1.165, 1.54) is 0 Å². The molecule has 0 aromatic heterocycles. The van der Waals surface area contributed by atoms with E-state index in [0.717, 1.165) is 11.1 Å². The Kier molecular flexibility index (Phi) is 4.12. The Morgan fingerprint density at radius 3 is 1.70 bits per heavy atom. The smallest absolute Gasteiger partial charge is 0.265 e. The predicted octanol–water partition coefficient (Wildman–Crippen LogP) is 0.980. The van der Waals surface area contributed by atoms with Crippen LogP contribution in [0.1, 0.15) is 31.8 Å². The van der Waals surface area contributed by atoms with Crippen molar-refractivity contribution in [2.24, 2.45) is 11.6 Å². The fourth-order valence-electron chi connectivity index (χ4n) is 1.88. The van der Waals surface area contributed by atoms with Crippen LogP contribution in [0.3, 0.4) is 0 Å². The fraction of sp³-hybridized carbons (Fsp3) is 0.0667. The number of primary amides is 1. The third kappa shape index (κ3) is 3.21. The summed E-state index contributed by atoms with van der Waals surface area (Å²) in [5.41, 5.74) is 10.4. The summed E-state index contributed by atoms with van der Waals surface area (Å²) in [5, 5.41) is 0. The summed E-state index contributed by atoms with van der Waals surface area (Å²) < 4.78 is 0. The van der Waals surface area contributed by atoms with E-state index >= 15 is 0 Å². The molecule has 0 saturated carbocycles. The Balaban J connectivity index is 2.10. The molecule has 5 heteroatoms. The molecular formula is C15H15N3O2. The molecular weight excluding hydrogens is 254 g/mol. The first-order valence-corrected chi connectivity index (χ1v) is 6.09. The number of carbonyl (C=O) groups excluding carboxylic acids is 2. The molecule has 0 atom stereocenters. The molecule has 2 amide bonds. The SMILES string of the molecule is NNC(=O)c1ccc(Cc2ccc(C(N)=O)cc2)cc1. The Morgan fingerprint density at radius 1 is 0.850 bits per heavy atom. The highest BCUT2D eigenvalue weighted by molar-refractivity contribution is 5.93. The molecule has 102 valence electrons. The van der Waals surface area contributed by atoms with Crippen LogP contribution in [0.4, 0.5) is 0 Å². The fourth-order valence-corrected chi connectivity index (χ4v) is 1.88. The Hall–Kier alpha value is -2.66. The standard InChI is InChI=1S/C15H15N3O2/c16-14(19)12-5-1-10(2-6-12)9-11-3-7-13(8-4-11)15(20)18-17/h1-8H,9,17H2,(H2,16,19)(H,18,20). The van der Waals surface area contributed by atoms with Gasteiger partial charge in [0.2, 0.25) is 5.91 Å². The van der Waals surface area contributed by atoms with Gasteiger partial charge in [-0.05, 0) is 41.8 Å². The molecule has 0 fully saturated rings. The van der Waals surface area contributed by atoms with Crippen molar-refractivity contribution in [1.29, 1.82) is 0 Å². The van der Waals surface area contributed by atoms with Crippen molar-refractivity contribution in [2.75, 3.05) is 0 Å². The van der Waals surface area contributed by atoms with Gasteiger partial charge in [0.15, 0.2) is 0 Å². The Labute approximate surface area is 116 Å². The largest absolute Gasteiger partial charge is 0.366 e. The highest BCUT2D eigenvalue weighted by Gasteiger charge is 2.04. The van der Waals surface area contributed by atoms with Gasteiger partial charge in [-0.3, -0.25) is 15.0 Å². The third-order valence-electron chi connectivity index (χ3n) is 2.99. The maximum Gasteiger partial charge on any atom is 0.265 e. The van der Waals surface area contributed by atoms with E-state index < -0.39 is 5.91 Å². The van der Waals surface area contributed by atoms with Crippen LogP contribution in [0, 0.1) is 0 Å². The van der Waals surface area contributed by atoms with Crippen molar-refractivity contribution < 1.29 is 9.59 Å². The molecule has 0 bridgehead atoms. The summed E-state index contributed by atoms with van der Waals surface area (Å²) in [6, 6.07) is 14.3. The Morgan fingerprint density at radius 2 is 1.30 bits per heavy atom. The van der Waals surface area contributed by atoms with Crippen LogP contribution in [0.5, 0.6) is 0 Å². The van der Waals surface area contributed by atoms with Crippen molar-refractivity contribution in [3.8, 4) is 0 Å². The van der Waals surface area contributed by atoms with E-state index in [9.17, 15) is 9.59 Å². The minimum Gasteiger partial charge on any atom is -0.366 e. The van der Waals surface area contributed by atoms with Crippen LogP contribution in [-0.4, -0.2) is 11.8 Å². The molecule has 0 radical (unpaired) electrons. The van der Waals surface area contributed by atoms with Crippen LogP contribution in [0.25, 0.3) is 0 Å². The number of amides is 2. The lowest BCUT2D eigenvalue weighted by Crippen LogP contribution is -2.29. The van der Waals surface area contributed by atoms with Crippen molar-refractivity contribution in [2.45, 2.75) is 6.42 Å². The van der Waals surface area contributed by atoms with Gasteiger partial charge >= 0.3 is 0 Å². The van der Waals surface area contributed by atoms with E-state index in [-0.39, 0.29) is 5.91 Å². The second kappa shape index (κ2) is 5.99. The van der Waals surface area contributed by atoms with Gasteiger partial charge in [-0.1, -0.05) is 24.3 Å². The summed E-state index contributed by atoms with van der Waals surface area (Å²) in [4.78, 5) is 22.3. The summed E-state index contributed by atoms with van der Waals surface area (Å²) in [7, 11) is 0. The van der Waals surface area contributed by atoms with Crippen molar-refractivity contribution in [3.05, 3.63) is 70.8 Å². The number of carbonyl (C=O) groups is 2. The van der Waals surface area contributed by atoms with E-state index in [1.54, 1.807) is 24.3 Å². The lowest BCUT2D eigenvalue weighted by atomic mass is 10.0. The van der Waals surface area contributed by atoms with Gasteiger partial charge in [0.05, 0.1) is 0 Å². The number of benzene rings is 2. The lowest BCUT2D eigenvalue weighted by Gasteiger charge is -2.04. The van der Waals surface area contributed by atoms with Gasteiger partial charge in [-0.2, -0.15) is 0 Å². The summed E-state index contributed by atoms with van der Waals surface area (Å²) >= 11 is 0. The third-order valence-corrected chi connectivity index (χ3v) is 2.99. The van der Waals surface area contributed by atoms with Gasteiger partial charge in [-0.25, -0.2) is 5.84 Å². The number of nitrogen functional groups attached to an aromatic ring is 1. The van der Waals surface area contributed by atoms with Gasteiger partial charge in [0.25, 0.3) is 5.91 Å². The molecule has 2 aromatic rings. The zero-order chi connectivity index (χ0) is 14.5. The molecule has 2 rings (SSSR count). The molecule has 0 aliphatic carbocycles. The zero-order valence-electron chi connectivity index (χ0n) is 10.8. The van der Waals surface area contributed by atoms with Gasteiger partial charge < -0.3 is 5.73 Å². The molecule has 2 aromatic carbocycles. The number of nitrogens with one attached hydrogen (secondary N) is 1. The van der Waals surface area contributed by atoms with Crippen molar-refractivity contribution >= 4 is 11.8 Å². The van der Waals surface area contributed by atoms with Crippen LogP contribution in [-0.2, 0) is 6.42 Å². The number of hydrogen-bond acceptors (Lipinski definition) is 3.